The van der Waals surface area contributed by atoms with E-state index in [1.807, 2.05) is 12.1 Å². The predicted octanol–water partition coefficient (Wildman–Crippen LogP) is 4.04. The maximum Gasteiger partial charge on any atom is 0.387 e. The third-order valence-corrected chi connectivity index (χ3v) is 3.70. The molecular weight excluding hydrogens is 345 g/mol. The highest BCUT2D eigenvalue weighted by Crippen LogP contribution is 2.29. The zero-order valence-electron chi connectivity index (χ0n) is 12.9. The maximum absolute atomic E-state index is 12.4. The summed E-state index contributed by atoms with van der Waals surface area (Å²) in [6, 6.07) is 7.26. The van der Waals surface area contributed by atoms with Gasteiger partial charge in [0.05, 0.1) is 0 Å². The van der Waals surface area contributed by atoms with Gasteiger partial charge in [0.15, 0.2) is 0 Å². The second-order valence-electron chi connectivity index (χ2n) is 5.12. The molecule has 1 aliphatic rings. The summed E-state index contributed by atoms with van der Waals surface area (Å²) in [4.78, 5) is 2.39. The fraction of sp³-hybridized carbons (Fsp3) is 0.500. The van der Waals surface area contributed by atoms with Gasteiger partial charge in [0.2, 0.25) is 0 Å². The Kier molecular flexibility index (Phi) is 11.2. The Hall–Kier alpha value is -0.880. The number of ether oxygens (including phenoxy) is 1. The summed E-state index contributed by atoms with van der Waals surface area (Å²) in [5.74, 6) is 0.223. The molecule has 0 unspecified atom stereocenters. The zero-order chi connectivity index (χ0) is 15.1. The quantitative estimate of drug-likeness (QED) is 0.734. The maximum atomic E-state index is 12.4. The second-order valence-corrected chi connectivity index (χ2v) is 5.12. The normalized spacial score (nSPS) is 16.1. The molecular formula is C16H24Cl2F2N2O. The molecule has 1 aliphatic heterocycles. The van der Waals surface area contributed by atoms with E-state index in [9.17, 15) is 8.78 Å². The molecule has 0 amide bonds. The highest BCUT2D eigenvalue weighted by molar-refractivity contribution is 5.85. The largest absolute Gasteiger partial charge is 0.435 e. The Labute approximate surface area is 148 Å². The van der Waals surface area contributed by atoms with Crippen LogP contribution in [0.25, 0.3) is 0 Å². The SMILES string of the molecule is C=CCC[C@H](c1cccc(OC(F)F)c1)N1CCNCC1.Cl.Cl. The van der Waals surface area contributed by atoms with Crippen LogP contribution in [0.4, 0.5) is 8.78 Å². The second kappa shape index (κ2) is 11.6. The number of halogens is 4. The van der Waals surface area contributed by atoms with Gasteiger partial charge in [0.25, 0.3) is 0 Å². The van der Waals surface area contributed by atoms with E-state index in [2.05, 4.69) is 21.5 Å². The van der Waals surface area contributed by atoms with Crippen molar-refractivity contribution in [1.29, 1.82) is 0 Å². The molecule has 0 bridgehead atoms. The van der Waals surface area contributed by atoms with Crippen LogP contribution in [0.5, 0.6) is 5.75 Å². The highest BCUT2D eigenvalue weighted by atomic mass is 35.5. The first kappa shape index (κ1) is 22.1. The van der Waals surface area contributed by atoms with Gasteiger partial charge in [-0.3, -0.25) is 4.90 Å². The van der Waals surface area contributed by atoms with Crippen LogP contribution in [-0.4, -0.2) is 37.7 Å². The summed E-state index contributed by atoms with van der Waals surface area (Å²) in [5, 5.41) is 3.33. The van der Waals surface area contributed by atoms with Gasteiger partial charge in [-0.05, 0) is 30.5 Å². The van der Waals surface area contributed by atoms with E-state index in [1.165, 1.54) is 0 Å². The van der Waals surface area contributed by atoms with Crippen molar-refractivity contribution in [2.24, 2.45) is 0 Å². The number of alkyl halides is 2. The summed E-state index contributed by atoms with van der Waals surface area (Å²) in [6.07, 6.45) is 3.73. The standard InChI is InChI=1S/C16H22F2N2O.2ClH/c1-2-3-7-15(20-10-8-19-9-11-20)13-5-4-6-14(12-13)21-16(17)18;;/h2,4-6,12,15-16,19H,1,3,7-11H2;2*1H/t15-;;/m1../s1. The van der Waals surface area contributed by atoms with Crippen LogP contribution in [0.15, 0.2) is 36.9 Å². The van der Waals surface area contributed by atoms with Gasteiger partial charge in [-0.15, -0.1) is 31.4 Å². The van der Waals surface area contributed by atoms with E-state index in [4.69, 9.17) is 0 Å². The molecule has 0 saturated carbocycles. The smallest absolute Gasteiger partial charge is 0.387 e. The fourth-order valence-corrected chi connectivity index (χ4v) is 2.73. The number of nitrogens with zero attached hydrogens (tertiary/aromatic N) is 1. The molecule has 0 aliphatic carbocycles. The average molecular weight is 369 g/mol. The molecule has 132 valence electrons. The van der Waals surface area contributed by atoms with E-state index in [0.717, 1.165) is 44.6 Å². The minimum Gasteiger partial charge on any atom is -0.435 e. The van der Waals surface area contributed by atoms with Crippen LogP contribution in [0.3, 0.4) is 0 Å². The lowest BCUT2D eigenvalue weighted by Crippen LogP contribution is -2.45. The number of nitrogens with one attached hydrogen (secondary N) is 1. The van der Waals surface area contributed by atoms with Gasteiger partial charge in [-0.25, -0.2) is 0 Å². The van der Waals surface area contributed by atoms with Crippen molar-refractivity contribution < 1.29 is 13.5 Å². The Bertz CT molecular complexity index is 457. The lowest BCUT2D eigenvalue weighted by atomic mass is 9.99. The minimum atomic E-state index is -2.79. The molecule has 0 aromatic heterocycles. The van der Waals surface area contributed by atoms with Gasteiger partial charge in [-0.2, -0.15) is 8.78 Å². The molecule has 7 heteroatoms. The molecule has 1 fully saturated rings. The van der Waals surface area contributed by atoms with E-state index in [1.54, 1.807) is 18.2 Å². The molecule has 1 saturated heterocycles. The van der Waals surface area contributed by atoms with Crippen molar-refractivity contribution in [3.8, 4) is 5.75 Å². The van der Waals surface area contributed by atoms with Crippen molar-refractivity contribution in [2.75, 3.05) is 26.2 Å². The summed E-state index contributed by atoms with van der Waals surface area (Å²) in [6.45, 7) is 4.82. The molecule has 0 radical (unpaired) electrons. The van der Waals surface area contributed by atoms with Crippen molar-refractivity contribution in [3.05, 3.63) is 42.5 Å². The Morgan fingerprint density at radius 2 is 1.96 bits per heavy atom. The summed E-state index contributed by atoms with van der Waals surface area (Å²) < 4.78 is 29.2. The number of hydrogen-bond acceptors (Lipinski definition) is 3. The first-order valence-corrected chi connectivity index (χ1v) is 7.31. The van der Waals surface area contributed by atoms with Crippen molar-refractivity contribution >= 4 is 24.8 Å². The van der Waals surface area contributed by atoms with Gasteiger partial charge in [-0.1, -0.05) is 18.2 Å². The van der Waals surface area contributed by atoms with Crippen molar-refractivity contribution in [3.63, 3.8) is 0 Å². The first-order chi connectivity index (χ1) is 10.2. The number of piperazine rings is 1. The molecule has 0 spiro atoms. The summed E-state index contributed by atoms with van der Waals surface area (Å²) >= 11 is 0. The van der Waals surface area contributed by atoms with E-state index in [-0.39, 0.29) is 36.6 Å². The monoisotopic (exact) mass is 368 g/mol. The number of hydrogen-bond donors (Lipinski definition) is 1. The summed E-state index contributed by atoms with van der Waals surface area (Å²) in [5.41, 5.74) is 1.02. The van der Waals surface area contributed by atoms with Gasteiger partial charge >= 0.3 is 6.61 Å². The van der Waals surface area contributed by atoms with Crippen molar-refractivity contribution in [1.82, 2.24) is 10.2 Å². The highest BCUT2D eigenvalue weighted by Gasteiger charge is 2.22. The van der Waals surface area contributed by atoms with Crippen LogP contribution in [0.1, 0.15) is 24.4 Å². The van der Waals surface area contributed by atoms with E-state index >= 15 is 0 Å². The fourth-order valence-electron chi connectivity index (χ4n) is 2.73. The molecule has 1 N–H and O–H groups in total. The Morgan fingerprint density at radius 3 is 2.57 bits per heavy atom. The van der Waals surface area contributed by atoms with Crippen LogP contribution in [0, 0.1) is 0 Å². The average Bonchev–Trinajstić information content (AvgIpc) is 2.48. The first-order valence-electron chi connectivity index (χ1n) is 7.31. The molecule has 1 aromatic rings. The summed E-state index contributed by atoms with van der Waals surface area (Å²) in [7, 11) is 0. The number of rotatable bonds is 7. The van der Waals surface area contributed by atoms with Crippen LogP contribution in [-0.2, 0) is 0 Å². The van der Waals surface area contributed by atoms with Crippen molar-refractivity contribution in [2.45, 2.75) is 25.5 Å². The van der Waals surface area contributed by atoms with E-state index in [0.29, 0.717) is 0 Å². The van der Waals surface area contributed by atoms with Crippen LogP contribution in [0.2, 0.25) is 0 Å². The Morgan fingerprint density at radius 1 is 1.26 bits per heavy atom. The molecule has 1 atom stereocenters. The lowest BCUT2D eigenvalue weighted by Gasteiger charge is -2.35. The third-order valence-electron chi connectivity index (χ3n) is 3.70. The van der Waals surface area contributed by atoms with Crippen LogP contribution >= 0.6 is 24.8 Å². The molecule has 2 rings (SSSR count). The van der Waals surface area contributed by atoms with E-state index < -0.39 is 6.61 Å². The number of allylic oxidation sites excluding steroid dienone is 1. The van der Waals surface area contributed by atoms with Crippen LogP contribution < -0.4 is 10.1 Å². The minimum absolute atomic E-state index is 0. The topological polar surface area (TPSA) is 24.5 Å². The van der Waals surface area contributed by atoms with Gasteiger partial charge in [0, 0.05) is 32.2 Å². The van der Waals surface area contributed by atoms with Gasteiger partial charge < -0.3 is 10.1 Å². The Balaban J connectivity index is 0.00000242. The number of benzene rings is 1. The molecule has 1 aromatic carbocycles. The molecule has 1 heterocycles. The molecule has 3 nitrogen and oxygen atoms in total. The zero-order valence-corrected chi connectivity index (χ0v) is 14.6. The van der Waals surface area contributed by atoms with Gasteiger partial charge in [0.1, 0.15) is 5.75 Å². The lowest BCUT2D eigenvalue weighted by molar-refractivity contribution is -0.0499. The predicted molar refractivity (Wildman–Crippen MR) is 94.2 cm³/mol. The third kappa shape index (κ3) is 7.04. The molecule has 23 heavy (non-hydrogen) atoms.